The predicted octanol–water partition coefficient (Wildman–Crippen LogP) is 3.47. The number of fused-ring (bicyclic) bond motifs is 1. The average Bonchev–Trinajstić information content (AvgIpc) is 2.95. The molecule has 0 aliphatic carbocycles. The van der Waals surface area contributed by atoms with Crippen LogP contribution in [0.2, 0.25) is 0 Å². The molecule has 0 saturated heterocycles. The summed E-state index contributed by atoms with van der Waals surface area (Å²) in [6.45, 7) is 7.13. The van der Waals surface area contributed by atoms with Crippen LogP contribution in [0.3, 0.4) is 0 Å². The highest BCUT2D eigenvalue weighted by Crippen LogP contribution is 2.29. The van der Waals surface area contributed by atoms with Gasteiger partial charge in [0, 0.05) is 24.1 Å². The molecule has 3 rings (SSSR count). The van der Waals surface area contributed by atoms with Gasteiger partial charge in [-0.15, -0.1) is 0 Å². The van der Waals surface area contributed by atoms with Gasteiger partial charge in [-0.1, -0.05) is 5.16 Å². The summed E-state index contributed by atoms with van der Waals surface area (Å²) in [5, 5.41) is 14.6. The fraction of sp³-hybridized carbons (Fsp3) is 0.222. The van der Waals surface area contributed by atoms with Crippen molar-refractivity contribution in [1.29, 1.82) is 0 Å². The molecule has 7 nitrogen and oxygen atoms in total. The fourth-order valence-electron chi connectivity index (χ4n) is 2.55. The van der Waals surface area contributed by atoms with Gasteiger partial charge < -0.3 is 14.9 Å². The van der Waals surface area contributed by atoms with E-state index >= 15 is 0 Å². The van der Waals surface area contributed by atoms with Crippen LogP contribution < -0.4 is 5.32 Å². The Balaban J connectivity index is 0.000000701. The van der Waals surface area contributed by atoms with Crippen LogP contribution in [0.25, 0.3) is 22.4 Å². The number of carbonyl (C=O) groups excluding carboxylic acids is 1. The first kappa shape index (κ1) is 18.1. The number of nitrogens with zero attached hydrogens (tertiary/aromatic N) is 2. The normalized spacial score (nSPS) is 10.1. The molecule has 2 aromatic heterocycles. The van der Waals surface area contributed by atoms with Gasteiger partial charge in [-0.05, 0) is 50.1 Å². The second-order valence-electron chi connectivity index (χ2n) is 5.63. The molecule has 3 aromatic rings. The summed E-state index contributed by atoms with van der Waals surface area (Å²) < 4.78 is 5.30. The zero-order valence-corrected chi connectivity index (χ0v) is 14.5. The van der Waals surface area contributed by atoms with E-state index in [1.54, 1.807) is 0 Å². The van der Waals surface area contributed by atoms with Crippen LogP contribution in [-0.2, 0) is 9.59 Å². The minimum atomic E-state index is -0.250. The third kappa shape index (κ3) is 4.20. The molecular weight excluding hydrogens is 322 g/mol. The molecule has 1 amide bonds. The van der Waals surface area contributed by atoms with Crippen molar-refractivity contribution >= 4 is 29.0 Å². The summed E-state index contributed by atoms with van der Waals surface area (Å²) in [4.78, 5) is 24.3. The van der Waals surface area contributed by atoms with Gasteiger partial charge in [-0.2, -0.15) is 0 Å². The Kier molecular flexibility index (Phi) is 5.49. The van der Waals surface area contributed by atoms with E-state index in [4.69, 9.17) is 19.4 Å². The maximum Gasteiger partial charge on any atom is 0.290 e. The molecule has 0 bridgehead atoms. The Morgan fingerprint density at radius 3 is 2.40 bits per heavy atom. The molecule has 0 radical (unpaired) electrons. The number of anilines is 1. The SMILES string of the molecule is CC(=O)Nc1cc(C)c2nc(-c3cc(C)no3)cc(C)c2c1.O=CO. The Morgan fingerprint density at radius 1 is 1.16 bits per heavy atom. The first-order chi connectivity index (χ1) is 11.8. The Hall–Kier alpha value is -3.22. The zero-order chi connectivity index (χ0) is 18.6. The van der Waals surface area contributed by atoms with Gasteiger partial charge >= 0.3 is 0 Å². The second kappa shape index (κ2) is 7.57. The minimum absolute atomic E-state index is 0.0851. The van der Waals surface area contributed by atoms with Crippen LogP contribution in [0.5, 0.6) is 0 Å². The molecule has 0 saturated carbocycles. The molecule has 0 fully saturated rings. The summed E-state index contributed by atoms with van der Waals surface area (Å²) in [7, 11) is 0. The highest BCUT2D eigenvalue weighted by Gasteiger charge is 2.12. The standard InChI is InChI=1S/C17H17N3O2.CH2O2/c1-9-6-15(16-7-11(3)20-22-16)19-17-10(2)5-13(8-14(9)17)18-12(4)21;2-1-3/h5-8H,1-4H3,(H,18,21);1H,(H,2,3). The van der Waals surface area contributed by atoms with E-state index in [1.807, 2.05) is 45.0 Å². The van der Waals surface area contributed by atoms with Crippen LogP contribution in [0, 0.1) is 20.8 Å². The molecule has 2 heterocycles. The van der Waals surface area contributed by atoms with Crippen molar-refractivity contribution in [2.75, 3.05) is 5.32 Å². The van der Waals surface area contributed by atoms with Crippen LogP contribution in [0.4, 0.5) is 5.69 Å². The van der Waals surface area contributed by atoms with E-state index in [2.05, 4.69) is 10.5 Å². The van der Waals surface area contributed by atoms with Crippen molar-refractivity contribution in [2.24, 2.45) is 0 Å². The third-order valence-electron chi connectivity index (χ3n) is 3.51. The number of aryl methyl sites for hydroxylation is 3. The Morgan fingerprint density at radius 2 is 1.84 bits per heavy atom. The van der Waals surface area contributed by atoms with Gasteiger partial charge in [0.2, 0.25) is 5.91 Å². The topological polar surface area (TPSA) is 105 Å². The predicted molar refractivity (Wildman–Crippen MR) is 94.4 cm³/mol. The lowest BCUT2D eigenvalue weighted by molar-refractivity contribution is -0.123. The molecule has 0 spiro atoms. The molecular formula is C18H19N3O4. The minimum Gasteiger partial charge on any atom is -0.483 e. The highest BCUT2D eigenvalue weighted by atomic mass is 16.5. The van der Waals surface area contributed by atoms with Crippen LogP contribution >= 0.6 is 0 Å². The fourth-order valence-corrected chi connectivity index (χ4v) is 2.55. The van der Waals surface area contributed by atoms with Gasteiger partial charge in [0.05, 0.1) is 11.2 Å². The number of pyridine rings is 1. The van der Waals surface area contributed by atoms with E-state index < -0.39 is 0 Å². The average molecular weight is 341 g/mol. The largest absolute Gasteiger partial charge is 0.483 e. The van der Waals surface area contributed by atoms with E-state index in [0.29, 0.717) is 5.76 Å². The number of nitrogens with one attached hydrogen (secondary N) is 1. The monoisotopic (exact) mass is 341 g/mol. The van der Waals surface area contributed by atoms with Gasteiger partial charge in [0.15, 0.2) is 5.76 Å². The lowest BCUT2D eigenvalue weighted by Crippen LogP contribution is -2.06. The number of carbonyl (C=O) groups is 2. The van der Waals surface area contributed by atoms with E-state index in [9.17, 15) is 4.79 Å². The summed E-state index contributed by atoms with van der Waals surface area (Å²) in [5.74, 6) is 0.575. The molecule has 0 aliphatic rings. The molecule has 2 N–H and O–H groups in total. The smallest absolute Gasteiger partial charge is 0.290 e. The highest BCUT2D eigenvalue weighted by molar-refractivity contribution is 5.95. The number of hydrogen-bond acceptors (Lipinski definition) is 5. The zero-order valence-electron chi connectivity index (χ0n) is 14.5. The summed E-state index contributed by atoms with van der Waals surface area (Å²) >= 11 is 0. The Labute approximate surface area is 144 Å². The first-order valence-electron chi connectivity index (χ1n) is 7.56. The molecule has 0 aliphatic heterocycles. The maximum atomic E-state index is 11.2. The van der Waals surface area contributed by atoms with Crippen molar-refractivity contribution in [3.8, 4) is 11.5 Å². The number of benzene rings is 1. The molecule has 25 heavy (non-hydrogen) atoms. The van der Waals surface area contributed by atoms with E-state index in [-0.39, 0.29) is 12.4 Å². The van der Waals surface area contributed by atoms with Gasteiger partial charge in [0.25, 0.3) is 6.47 Å². The second-order valence-corrected chi connectivity index (χ2v) is 5.63. The van der Waals surface area contributed by atoms with E-state index in [1.165, 1.54) is 6.92 Å². The molecule has 7 heteroatoms. The molecule has 0 unspecified atom stereocenters. The van der Waals surface area contributed by atoms with Crippen molar-refractivity contribution in [2.45, 2.75) is 27.7 Å². The number of rotatable bonds is 2. The van der Waals surface area contributed by atoms with Gasteiger partial charge in [-0.25, -0.2) is 4.98 Å². The van der Waals surface area contributed by atoms with Crippen LogP contribution in [0.1, 0.15) is 23.7 Å². The Bertz CT molecular complexity index is 931. The first-order valence-corrected chi connectivity index (χ1v) is 7.56. The van der Waals surface area contributed by atoms with Crippen molar-refractivity contribution in [3.63, 3.8) is 0 Å². The van der Waals surface area contributed by atoms with Crippen LogP contribution in [0.15, 0.2) is 28.8 Å². The maximum absolute atomic E-state index is 11.2. The molecule has 1 aromatic carbocycles. The van der Waals surface area contributed by atoms with Crippen LogP contribution in [-0.4, -0.2) is 27.6 Å². The lowest BCUT2D eigenvalue weighted by Gasteiger charge is -2.10. The summed E-state index contributed by atoms with van der Waals surface area (Å²) in [6, 6.07) is 7.71. The number of carboxylic acid groups (broad SMARTS) is 1. The summed E-state index contributed by atoms with van der Waals surface area (Å²) in [6.07, 6.45) is 0. The van der Waals surface area contributed by atoms with Crippen molar-refractivity contribution in [3.05, 3.63) is 41.1 Å². The number of hydrogen-bond donors (Lipinski definition) is 2. The molecule has 0 atom stereocenters. The quantitative estimate of drug-likeness (QED) is 0.691. The summed E-state index contributed by atoms with van der Waals surface area (Å²) in [5.41, 5.74) is 5.35. The van der Waals surface area contributed by atoms with Gasteiger partial charge in [0.1, 0.15) is 5.69 Å². The van der Waals surface area contributed by atoms with Gasteiger partial charge in [-0.3, -0.25) is 9.59 Å². The van der Waals surface area contributed by atoms with Crippen molar-refractivity contribution in [1.82, 2.24) is 10.1 Å². The number of amides is 1. The van der Waals surface area contributed by atoms with Crippen molar-refractivity contribution < 1.29 is 19.2 Å². The number of aromatic nitrogens is 2. The van der Waals surface area contributed by atoms with E-state index in [0.717, 1.165) is 39.1 Å². The molecule has 130 valence electrons. The lowest BCUT2D eigenvalue weighted by atomic mass is 10.0. The third-order valence-corrected chi connectivity index (χ3v) is 3.51.